The van der Waals surface area contributed by atoms with Gasteiger partial charge in [-0.25, -0.2) is 12.7 Å². The molecular weight excluding hydrogens is 356 g/mol. The summed E-state index contributed by atoms with van der Waals surface area (Å²) in [4.78, 5) is 18.5. The largest absolute Gasteiger partial charge is 0.337 e. The molecule has 1 unspecified atom stereocenters. The average Bonchev–Trinajstić information content (AvgIpc) is 3.09. The summed E-state index contributed by atoms with van der Waals surface area (Å²) in [6.45, 7) is 0.881. The fraction of sp³-hybridized carbons (Fsp3) is 0.471. The van der Waals surface area contributed by atoms with Crippen molar-refractivity contribution in [3.05, 3.63) is 36.2 Å². The van der Waals surface area contributed by atoms with E-state index in [1.807, 2.05) is 30.3 Å². The lowest BCUT2D eigenvalue weighted by molar-refractivity contribution is -0.136. The predicted octanol–water partition coefficient (Wildman–Crippen LogP) is 1.37. The first-order valence-corrected chi connectivity index (χ1v) is 10.3. The van der Waals surface area contributed by atoms with Crippen LogP contribution in [0.3, 0.4) is 0 Å². The highest BCUT2D eigenvalue weighted by molar-refractivity contribution is 7.88. The molecule has 1 atom stereocenters. The van der Waals surface area contributed by atoms with Gasteiger partial charge in [0.05, 0.1) is 18.7 Å². The maximum atomic E-state index is 12.7. The molecule has 8 nitrogen and oxygen atoms in total. The summed E-state index contributed by atoms with van der Waals surface area (Å²) in [6.07, 6.45) is 2.53. The van der Waals surface area contributed by atoms with E-state index < -0.39 is 10.0 Å². The first kappa shape index (κ1) is 18.5. The summed E-state index contributed by atoms with van der Waals surface area (Å²) in [5.74, 6) is 0.357. The molecule has 2 aromatic rings. The van der Waals surface area contributed by atoms with Gasteiger partial charge in [0, 0.05) is 25.7 Å². The molecule has 1 amide bonds. The molecule has 1 aliphatic heterocycles. The molecule has 26 heavy (non-hydrogen) atoms. The van der Waals surface area contributed by atoms with Gasteiger partial charge in [0.1, 0.15) is 0 Å². The van der Waals surface area contributed by atoms with E-state index in [0.717, 1.165) is 5.56 Å². The van der Waals surface area contributed by atoms with Crippen molar-refractivity contribution >= 4 is 15.9 Å². The Morgan fingerprint density at radius 3 is 2.77 bits per heavy atom. The molecule has 2 heterocycles. The van der Waals surface area contributed by atoms with E-state index >= 15 is 0 Å². The Morgan fingerprint density at radius 2 is 2.08 bits per heavy atom. The number of carbonyl (C=O) groups is 1. The van der Waals surface area contributed by atoms with Gasteiger partial charge in [0.2, 0.25) is 27.6 Å². The quantitative estimate of drug-likeness (QED) is 0.779. The number of piperidine rings is 1. The molecular formula is C17H22N4O4S. The maximum Gasteiger partial charge on any atom is 0.246 e. The summed E-state index contributed by atoms with van der Waals surface area (Å²) in [5.41, 5.74) is 0.840. The predicted molar refractivity (Wildman–Crippen MR) is 95.3 cm³/mol. The average molecular weight is 378 g/mol. The highest BCUT2D eigenvalue weighted by Crippen LogP contribution is 2.21. The van der Waals surface area contributed by atoms with Crippen LogP contribution in [0.4, 0.5) is 0 Å². The third-order valence-electron chi connectivity index (χ3n) is 4.45. The Labute approximate surface area is 152 Å². The van der Waals surface area contributed by atoms with E-state index in [1.165, 1.54) is 15.5 Å². The van der Waals surface area contributed by atoms with Gasteiger partial charge < -0.3 is 9.42 Å². The van der Waals surface area contributed by atoms with Gasteiger partial charge in [-0.2, -0.15) is 4.98 Å². The Morgan fingerprint density at radius 1 is 1.35 bits per heavy atom. The van der Waals surface area contributed by atoms with Crippen LogP contribution in [0.15, 0.2) is 34.9 Å². The van der Waals surface area contributed by atoms with Crippen LogP contribution in [0.5, 0.6) is 0 Å². The number of nitrogens with zero attached hydrogens (tertiary/aromatic N) is 4. The molecule has 0 saturated carbocycles. The first-order valence-electron chi connectivity index (χ1n) is 8.42. The topological polar surface area (TPSA) is 96.6 Å². The molecule has 0 spiro atoms. The van der Waals surface area contributed by atoms with Crippen molar-refractivity contribution in [3.8, 4) is 11.4 Å². The lowest BCUT2D eigenvalue weighted by Gasteiger charge is -2.32. The van der Waals surface area contributed by atoms with Crippen LogP contribution in [0, 0.1) is 5.92 Å². The summed E-state index contributed by atoms with van der Waals surface area (Å²) in [5, 5.41) is 3.94. The number of hydrogen-bond acceptors (Lipinski definition) is 6. The molecule has 0 aliphatic carbocycles. The molecule has 1 aromatic carbocycles. The highest BCUT2D eigenvalue weighted by atomic mass is 32.2. The number of amides is 1. The summed E-state index contributed by atoms with van der Waals surface area (Å²) >= 11 is 0. The maximum absolute atomic E-state index is 12.7. The second-order valence-electron chi connectivity index (χ2n) is 6.53. The van der Waals surface area contributed by atoms with Crippen LogP contribution in [0.1, 0.15) is 18.7 Å². The zero-order valence-electron chi connectivity index (χ0n) is 14.8. The fourth-order valence-electron chi connectivity index (χ4n) is 3.06. The van der Waals surface area contributed by atoms with E-state index in [1.54, 1.807) is 7.05 Å². The number of aromatic nitrogens is 2. The number of rotatable bonds is 5. The van der Waals surface area contributed by atoms with Gasteiger partial charge >= 0.3 is 0 Å². The molecule has 1 aliphatic rings. The summed E-state index contributed by atoms with van der Waals surface area (Å²) in [7, 11) is -1.62. The Hall–Kier alpha value is -2.26. The van der Waals surface area contributed by atoms with Gasteiger partial charge in [0.15, 0.2) is 0 Å². The van der Waals surface area contributed by atoms with E-state index in [9.17, 15) is 13.2 Å². The molecule has 1 aromatic heterocycles. The minimum absolute atomic E-state index is 0.113. The molecule has 140 valence electrons. The Bertz CT molecular complexity index is 866. The Kier molecular flexibility index (Phi) is 5.38. The highest BCUT2D eigenvalue weighted by Gasteiger charge is 2.32. The van der Waals surface area contributed by atoms with Gasteiger partial charge in [-0.3, -0.25) is 4.79 Å². The number of benzene rings is 1. The van der Waals surface area contributed by atoms with Gasteiger partial charge in [-0.1, -0.05) is 35.5 Å². The van der Waals surface area contributed by atoms with Gasteiger partial charge in [0.25, 0.3) is 0 Å². The Balaban J connectivity index is 1.64. The van der Waals surface area contributed by atoms with Crippen LogP contribution < -0.4 is 0 Å². The number of sulfonamides is 1. The van der Waals surface area contributed by atoms with Crippen molar-refractivity contribution < 1.29 is 17.7 Å². The van der Waals surface area contributed by atoms with Crippen LogP contribution in [0.2, 0.25) is 0 Å². The molecule has 0 radical (unpaired) electrons. The molecule has 3 rings (SSSR count). The molecule has 0 N–H and O–H groups in total. The van der Waals surface area contributed by atoms with Crippen molar-refractivity contribution in [3.63, 3.8) is 0 Å². The van der Waals surface area contributed by atoms with E-state index in [4.69, 9.17) is 4.52 Å². The van der Waals surface area contributed by atoms with Crippen LogP contribution in [0.25, 0.3) is 11.4 Å². The zero-order valence-corrected chi connectivity index (χ0v) is 15.6. The fourth-order valence-corrected chi connectivity index (χ4v) is 3.97. The van der Waals surface area contributed by atoms with Crippen molar-refractivity contribution in [2.75, 3.05) is 26.4 Å². The van der Waals surface area contributed by atoms with Crippen molar-refractivity contribution in [2.24, 2.45) is 5.92 Å². The lowest BCUT2D eigenvalue weighted by atomic mass is 9.98. The van der Waals surface area contributed by atoms with E-state index in [0.29, 0.717) is 31.1 Å². The smallest absolute Gasteiger partial charge is 0.246 e. The van der Waals surface area contributed by atoms with Crippen molar-refractivity contribution in [2.45, 2.75) is 19.4 Å². The molecule has 9 heteroatoms. The van der Waals surface area contributed by atoms with E-state index in [-0.39, 0.29) is 24.9 Å². The number of carbonyl (C=O) groups excluding carboxylic acids is 1. The first-order chi connectivity index (χ1) is 12.3. The summed E-state index contributed by atoms with van der Waals surface area (Å²) in [6, 6.07) is 9.44. The number of hydrogen-bond donors (Lipinski definition) is 0. The minimum Gasteiger partial charge on any atom is -0.337 e. The normalized spacial score (nSPS) is 18.6. The van der Waals surface area contributed by atoms with Gasteiger partial charge in [-0.05, 0) is 12.8 Å². The zero-order chi connectivity index (χ0) is 18.7. The van der Waals surface area contributed by atoms with Gasteiger partial charge in [-0.15, -0.1) is 0 Å². The van der Waals surface area contributed by atoms with Crippen molar-refractivity contribution in [1.82, 2.24) is 19.3 Å². The van der Waals surface area contributed by atoms with Crippen LogP contribution in [-0.4, -0.2) is 60.1 Å². The van der Waals surface area contributed by atoms with E-state index in [2.05, 4.69) is 10.1 Å². The minimum atomic E-state index is -3.28. The van der Waals surface area contributed by atoms with Crippen molar-refractivity contribution in [1.29, 1.82) is 0 Å². The third-order valence-corrected chi connectivity index (χ3v) is 5.72. The lowest BCUT2D eigenvalue weighted by Crippen LogP contribution is -2.45. The van der Waals surface area contributed by atoms with Crippen LogP contribution >= 0.6 is 0 Å². The SMILES string of the molecule is CN(Cc1nc(-c2ccccc2)no1)C(=O)C1CCCN(S(C)(=O)=O)C1. The second kappa shape index (κ2) is 7.55. The van der Waals surface area contributed by atoms with Crippen LogP contribution in [-0.2, 0) is 21.4 Å². The monoisotopic (exact) mass is 378 g/mol. The third kappa shape index (κ3) is 4.28. The molecule has 0 bridgehead atoms. The molecule has 1 fully saturated rings. The standard InChI is InChI=1S/C17H22N4O4S/c1-20(17(22)14-9-6-10-21(11-14)26(2,23)24)12-15-18-16(19-25-15)13-7-4-3-5-8-13/h3-5,7-8,14H,6,9-12H2,1-2H3. The summed E-state index contributed by atoms with van der Waals surface area (Å²) < 4.78 is 30.1. The molecule has 1 saturated heterocycles. The second-order valence-corrected chi connectivity index (χ2v) is 8.51.